The van der Waals surface area contributed by atoms with E-state index >= 15 is 0 Å². The SMILES string of the molecule is CN(CC1CCCO1)S(=O)(=O)CCOCCN. The van der Waals surface area contributed by atoms with Crippen LogP contribution in [-0.4, -0.2) is 64.5 Å². The first-order valence-electron chi connectivity index (χ1n) is 5.89. The lowest BCUT2D eigenvalue weighted by molar-refractivity contribution is 0.0974. The van der Waals surface area contributed by atoms with E-state index in [4.69, 9.17) is 15.2 Å². The van der Waals surface area contributed by atoms with Gasteiger partial charge in [0.2, 0.25) is 10.0 Å². The number of rotatable bonds is 8. The van der Waals surface area contributed by atoms with E-state index in [9.17, 15) is 8.42 Å². The lowest BCUT2D eigenvalue weighted by Gasteiger charge is -2.20. The fourth-order valence-corrected chi connectivity index (χ4v) is 2.73. The number of likely N-dealkylation sites (N-methyl/N-ethyl adjacent to an activating group) is 1. The third-order valence-corrected chi connectivity index (χ3v) is 4.49. The minimum Gasteiger partial charge on any atom is -0.379 e. The van der Waals surface area contributed by atoms with E-state index in [-0.39, 0.29) is 18.5 Å². The Hall–Kier alpha value is -0.210. The molecule has 0 amide bonds. The van der Waals surface area contributed by atoms with Crippen molar-refractivity contribution in [2.24, 2.45) is 5.73 Å². The molecular weight excluding hydrogens is 244 g/mol. The number of nitrogens with two attached hydrogens (primary N) is 1. The van der Waals surface area contributed by atoms with Crippen molar-refractivity contribution in [3.63, 3.8) is 0 Å². The van der Waals surface area contributed by atoms with Crippen molar-refractivity contribution < 1.29 is 17.9 Å². The summed E-state index contributed by atoms with van der Waals surface area (Å²) in [5.74, 6) is -0.00375. The molecule has 0 aliphatic carbocycles. The second kappa shape index (κ2) is 7.27. The van der Waals surface area contributed by atoms with Crippen molar-refractivity contribution in [2.45, 2.75) is 18.9 Å². The van der Waals surface area contributed by atoms with Gasteiger partial charge in [-0.25, -0.2) is 12.7 Å². The van der Waals surface area contributed by atoms with Crippen molar-refractivity contribution >= 4 is 10.0 Å². The van der Waals surface area contributed by atoms with Crippen LogP contribution in [0.5, 0.6) is 0 Å². The van der Waals surface area contributed by atoms with Gasteiger partial charge in [-0.3, -0.25) is 0 Å². The Kier molecular flexibility index (Phi) is 6.35. The van der Waals surface area contributed by atoms with Gasteiger partial charge in [0, 0.05) is 26.7 Å². The highest BCUT2D eigenvalue weighted by molar-refractivity contribution is 7.89. The molecule has 1 rings (SSSR count). The van der Waals surface area contributed by atoms with Crippen LogP contribution in [0.1, 0.15) is 12.8 Å². The minimum atomic E-state index is -3.24. The van der Waals surface area contributed by atoms with Gasteiger partial charge >= 0.3 is 0 Å². The topological polar surface area (TPSA) is 81.9 Å². The maximum Gasteiger partial charge on any atom is 0.216 e. The van der Waals surface area contributed by atoms with Gasteiger partial charge in [0.15, 0.2) is 0 Å². The molecule has 0 spiro atoms. The van der Waals surface area contributed by atoms with Crippen molar-refractivity contribution in [3.8, 4) is 0 Å². The summed E-state index contributed by atoms with van der Waals surface area (Å²) >= 11 is 0. The Morgan fingerprint density at radius 2 is 2.24 bits per heavy atom. The lowest BCUT2D eigenvalue weighted by atomic mass is 10.2. The number of hydrogen-bond acceptors (Lipinski definition) is 5. The molecule has 1 fully saturated rings. The third-order valence-electron chi connectivity index (χ3n) is 2.71. The van der Waals surface area contributed by atoms with Crippen LogP contribution in [0.15, 0.2) is 0 Å². The first-order chi connectivity index (χ1) is 8.06. The fourth-order valence-electron chi connectivity index (χ4n) is 1.69. The predicted molar refractivity (Wildman–Crippen MR) is 65.3 cm³/mol. The Morgan fingerprint density at radius 3 is 2.82 bits per heavy atom. The van der Waals surface area contributed by atoms with Gasteiger partial charge in [-0.2, -0.15) is 0 Å². The summed E-state index contributed by atoms with van der Waals surface area (Å²) in [5, 5.41) is 0. The first kappa shape index (κ1) is 14.8. The van der Waals surface area contributed by atoms with Crippen molar-refractivity contribution in [1.29, 1.82) is 0 Å². The minimum absolute atomic E-state index is 0.00375. The highest BCUT2D eigenvalue weighted by Gasteiger charge is 2.24. The van der Waals surface area contributed by atoms with Crippen LogP contribution in [-0.2, 0) is 19.5 Å². The molecule has 0 bridgehead atoms. The molecule has 102 valence electrons. The third kappa shape index (κ3) is 5.31. The van der Waals surface area contributed by atoms with Gasteiger partial charge in [-0.15, -0.1) is 0 Å². The second-order valence-electron chi connectivity index (χ2n) is 4.13. The van der Waals surface area contributed by atoms with Crippen LogP contribution in [0.25, 0.3) is 0 Å². The zero-order valence-corrected chi connectivity index (χ0v) is 11.1. The summed E-state index contributed by atoms with van der Waals surface area (Å²) in [5.41, 5.74) is 5.25. The van der Waals surface area contributed by atoms with Crippen LogP contribution in [0.4, 0.5) is 0 Å². The maximum absolute atomic E-state index is 11.8. The quantitative estimate of drug-likeness (QED) is 0.593. The molecule has 17 heavy (non-hydrogen) atoms. The molecule has 1 atom stereocenters. The van der Waals surface area contributed by atoms with E-state index < -0.39 is 10.0 Å². The second-order valence-corrected chi connectivity index (χ2v) is 6.33. The Bertz CT molecular complexity index is 301. The summed E-state index contributed by atoms with van der Waals surface area (Å²) in [6.07, 6.45) is 1.99. The standard InChI is InChI=1S/C10H22N2O4S/c1-12(9-10-3-2-5-16-10)17(13,14)8-7-15-6-4-11/h10H,2-9,11H2,1H3. The van der Waals surface area contributed by atoms with Crippen molar-refractivity contribution in [2.75, 3.05) is 45.7 Å². The van der Waals surface area contributed by atoms with Gasteiger partial charge in [-0.05, 0) is 12.8 Å². The number of nitrogens with zero attached hydrogens (tertiary/aromatic N) is 1. The lowest BCUT2D eigenvalue weighted by Crippen LogP contribution is -2.36. The summed E-state index contributed by atoms with van der Waals surface area (Å²) in [6.45, 7) is 2.16. The molecular formula is C10H22N2O4S. The molecule has 1 heterocycles. The molecule has 1 aliphatic rings. The smallest absolute Gasteiger partial charge is 0.216 e. The average molecular weight is 266 g/mol. The largest absolute Gasteiger partial charge is 0.379 e. The van der Waals surface area contributed by atoms with Crippen LogP contribution in [0.2, 0.25) is 0 Å². The molecule has 7 heteroatoms. The van der Waals surface area contributed by atoms with Gasteiger partial charge in [0.1, 0.15) is 0 Å². The van der Waals surface area contributed by atoms with Gasteiger partial charge < -0.3 is 15.2 Å². The normalized spacial score (nSPS) is 21.2. The number of hydrogen-bond donors (Lipinski definition) is 1. The van der Waals surface area contributed by atoms with Crippen LogP contribution in [0, 0.1) is 0 Å². The van der Waals surface area contributed by atoms with Crippen LogP contribution >= 0.6 is 0 Å². The predicted octanol–water partition coefficient (Wildman–Crippen LogP) is -0.598. The van der Waals surface area contributed by atoms with Crippen molar-refractivity contribution in [1.82, 2.24) is 4.31 Å². The Balaban J connectivity index is 2.29. The number of ether oxygens (including phenoxy) is 2. The molecule has 1 saturated heterocycles. The molecule has 0 aromatic carbocycles. The molecule has 1 unspecified atom stereocenters. The monoisotopic (exact) mass is 266 g/mol. The average Bonchev–Trinajstić information content (AvgIpc) is 2.77. The molecule has 0 saturated carbocycles. The first-order valence-corrected chi connectivity index (χ1v) is 7.50. The molecule has 0 aromatic heterocycles. The van der Waals surface area contributed by atoms with Crippen LogP contribution in [0.3, 0.4) is 0 Å². The Morgan fingerprint density at radius 1 is 1.47 bits per heavy atom. The highest BCUT2D eigenvalue weighted by Crippen LogP contribution is 2.14. The van der Waals surface area contributed by atoms with E-state index in [1.54, 1.807) is 7.05 Å². The molecule has 0 aromatic rings. The van der Waals surface area contributed by atoms with Crippen molar-refractivity contribution in [3.05, 3.63) is 0 Å². The van der Waals surface area contributed by atoms with E-state index in [2.05, 4.69) is 0 Å². The fraction of sp³-hybridized carbons (Fsp3) is 1.00. The zero-order chi connectivity index (χ0) is 12.7. The van der Waals surface area contributed by atoms with Crippen LogP contribution < -0.4 is 5.73 Å². The van der Waals surface area contributed by atoms with E-state index in [1.807, 2.05) is 0 Å². The summed E-state index contributed by atoms with van der Waals surface area (Å²) in [7, 11) is -1.66. The van der Waals surface area contributed by atoms with Gasteiger partial charge in [0.05, 0.1) is 25.1 Å². The molecule has 0 radical (unpaired) electrons. The number of sulfonamides is 1. The van der Waals surface area contributed by atoms with E-state index in [0.717, 1.165) is 19.4 Å². The summed E-state index contributed by atoms with van der Waals surface area (Å²) in [6, 6.07) is 0. The van der Waals surface area contributed by atoms with E-state index in [0.29, 0.717) is 19.7 Å². The summed E-state index contributed by atoms with van der Waals surface area (Å²) < 4.78 is 35.5. The zero-order valence-electron chi connectivity index (χ0n) is 10.3. The van der Waals surface area contributed by atoms with E-state index in [1.165, 1.54) is 4.31 Å². The Labute approximate surface area is 103 Å². The van der Waals surface area contributed by atoms with Gasteiger partial charge in [-0.1, -0.05) is 0 Å². The molecule has 1 aliphatic heterocycles. The molecule has 6 nitrogen and oxygen atoms in total. The van der Waals surface area contributed by atoms with Gasteiger partial charge in [0.25, 0.3) is 0 Å². The summed E-state index contributed by atoms with van der Waals surface area (Å²) in [4.78, 5) is 0. The maximum atomic E-state index is 11.8. The highest BCUT2D eigenvalue weighted by atomic mass is 32.2. The molecule has 2 N–H and O–H groups in total.